The number of rotatable bonds is 29. The number of unbranched alkanes of at least 4 members (excludes halogenated alkanes) is 19. The predicted octanol–water partition coefficient (Wildman–Crippen LogP) is 8.49. The number of phosphoric acid groups is 1. The largest absolute Gasteiger partial charge is 0.480 e. The number of hydrogen-bond acceptors (Lipinski definition) is 6. The van der Waals surface area contributed by atoms with Crippen LogP contribution in [0.2, 0.25) is 0 Å². The molecule has 0 unspecified atom stereocenters. The Bertz CT molecular complexity index is 524. The molecule has 0 aliphatic rings. The molecule has 0 fully saturated rings. The lowest BCUT2D eigenvalue weighted by molar-refractivity contribution is -0.138. The number of carbonyl (C=O) groups is 1. The number of carboxylic acid groups (broad SMARTS) is 1. The summed E-state index contributed by atoms with van der Waals surface area (Å²) >= 11 is 0. The van der Waals surface area contributed by atoms with Gasteiger partial charge in [-0.2, -0.15) is 0 Å². The zero-order valence-electron chi connectivity index (χ0n) is 25.6. The van der Waals surface area contributed by atoms with Crippen LogP contribution in [0.25, 0.3) is 0 Å². The van der Waals surface area contributed by atoms with Gasteiger partial charge in [0.05, 0.1) is 13.2 Å². The predicted molar refractivity (Wildman–Crippen MR) is 164 cm³/mol. The molecule has 1 atom stereocenters. The van der Waals surface area contributed by atoms with Gasteiger partial charge < -0.3 is 21.5 Å². The highest BCUT2D eigenvalue weighted by atomic mass is 31.2. The minimum atomic E-state index is -3.85. The molecule has 0 heterocycles. The van der Waals surface area contributed by atoms with Crippen LogP contribution >= 0.6 is 7.82 Å². The van der Waals surface area contributed by atoms with Crippen molar-refractivity contribution in [1.29, 1.82) is 0 Å². The van der Waals surface area contributed by atoms with Gasteiger partial charge in [-0.1, -0.05) is 136 Å². The molecule has 0 aromatic heterocycles. The van der Waals surface area contributed by atoms with E-state index in [0.717, 1.165) is 38.5 Å². The van der Waals surface area contributed by atoms with Crippen LogP contribution in [0.5, 0.6) is 0 Å². The van der Waals surface area contributed by atoms with Gasteiger partial charge in [-0.05, 0) is 32.2 Å². The number of aliphatic carboxylic acids is 1. The normalized spacial score (nSPS) is 12.2. The van der Waals surface area contributed by atoms with E-state index in [4.69, 9.17) is 25.6 Å². The van der Waals surface area contributed by atoms with E-state index in [1.165, 1.54) is 103 Å². The van der Waals surface area contributed by atoms with E-state index < -0.39 is 19.8 Å². The monoisotopic (exact) mass is 580 g/mol. The molecule has 0 saturated carbocycles. The van der Waals surface area contributed by atoms with Gasteiger partial charge >= 0.3 is 13.8 Å². The zero-order chi connectivity index (χ0) is 29.5. The molecule has 0 amide bonds. The number of carboxylic acids is 1. The summed E-state index contributed by atoms with van der Waals surface area (Å²) in [6.45, 7) is 5.74. The van der Waals surface area contributed by atoms with Gasteiger partial charge in [0, 0.05) is 0 Å². The highest BCUT2D eigenvalue weighted by Gasteiger charge is 2.19. The minimum absolute atomic E-state index is 0.322. The summed E-state index contributed by atoms with van der Waals surface area (Å²) in [7, 11) is -3.85. The molecular weight excluding hydrogens is 515 g/mol. The Morgan fingerprint density at radius 3 is 1.28 bits per heavy atom. The number of hydrogen-bond donors (Lipinski definition) is 4. The molecular formula is C30H65N2O6P. The van der Waals surface area contributed by atoms with Crippen molar-refractivity contribution in [1.82, 2.24) is 0 Å². The Hall–Kier alpha value is -0.500. The van der Waals surface area contributed by atoms with Gasteiger partial charge in [-0.15, -0.1) is 0 Å². The molecule has 0 radical (unpaired) electrons. The summed E-state index contributed by atoms with van der Waals surface area (Å²) in [5.74, 6) is -0.933. The first-order valence-corrected chi connectivity index (χ1v) is 17.6. The highest BCUT2D eigenvalue weighted by Crippen LogP contribution is 2.43. The molecule has 0 saturated heterocycles. The molecule has 0 aliphatic carbocycles. The first-order valence-electron chi connectivity index (χ1n) is 16.1. The summed E-state index contributed by atoms with van der Waals surface area (Å²) in [5.41, 5.74) is 10.4. The Kier molecular flexibility index (Phi) is 33.4. The van der Waals surface area contributed by atoms with Gasteiger partial charge in [0.1, 0.15) is 6.04 Å². The quantitative estimate of drug-likeness (QED) is 0.0509. The first-order chi connectivity index (χ1) is 18.8. The molecule has 0 spiro atoms. The van der Waals surface area contributed by atoms with Crippen LogP contribution < -0.4 is 11.5 Å². The summed E-state index contributed by atoms with van der Waals surface area (Å²) in [6, 6.07) is -0.716. The molecule has 8 nitrogen and oxygen atoms in total. The molecule has 9 heteroatoms. The molecule has 6 N–H and O–H groups in total. The maximum Gasteiger partial charge on any atom is 0.472 e. The maximum absolute atomic E-state index is 11.8. The van der Waals surface area contributed by atoms with Crippen molar-refractivity contribution < 1.29 is 28.4 Å². The van der Waals surface area contributed by atoms with Gasteiger partial charge in [0.15, 0.2) is 0 Å². The lowest BCUT2D eigenvalue weighted by atomic mass is 10.1. The third-order valence-corrected chi connectivity index (χ3v) is 7.81. The van der Waals surface area contributed by atoms with Crippen molar-refractivity contribution in [3.05, 3.63) is 0 Å². The summed E-state index contributed by atoms with van der Waals surface area (Å²) < 4.78 is 22.0. The first kappa shape index (κ1) is 40.6. The van der Waals surface area contributed by atoms with Crippen LogP contribution in [0.3, 0.4) is 0 Å². The van der Waals surface area contributed by atoms with Crippen molar-refractivity contribution in [3.8, 4) is 0 Å². The fraction of sp³-hybridized carbons (Fsp3) is 0.967. The van der Waals surface area contributed by atoms with Crippen molar-refractivity contribution in [2.24, 2.45) is 11.5 Å². The average Bonchev–Trinajstić information content (AvgIpc) is 2.90. The maximum atomic E-state index is 11.8. The van der Waals surface area contributed by atoms with Crippen molar-refractivity contribution in [2.75, 3.05) is 19.8 Å². The van der Waals surface area contributed by atoms with Gasteiger partial charge in [-0.25, -0.2) is 4.57 Å². The van der Waals surface area contributed by atoms with Crippen LogP contribution in [0, 0.1) is 0 Å². The summed E-state index contributed by atoms with van der Waals surface area (Å²) in [4.78, 5) is 19.8. The van der Waals surface area contributed by atoms with E-state index in [-0.39, 0.29) is 0 Å². The summed E-state index contributed by atoms with van der Waals surface area (Å²) in [6.07, 6.45) is 27.0. The third-order valence-electron chi connectivity index (χ3n) is 6.79. The standard InChI is InChI=1S/C24H51O4P.C6H14N2O2/c1-3-5-7-9-11-13-15-17-19-21-23-27-29(25,26)28-24-22-20-18-16-14-12-10-8-6-4-2;7-4-2-1-3-5(8)6(9)10/h3-24H2,1-2H3,(H,25,26);5H,1-4,7-8H2,(H,9,10)/t;5-/m.0/s1. The molecule has 0 aliphatic heterocycles. The van der Waals surface area contributed by atoms with Crippen LogP contribution in [0.15, 0.2) is 0 Å². The Morgan fingerprint density at radius 1 is 0.641 bits per heavy atom. The second-order valence-corrected chi connectivity index (χ2v) is 12.2. The lowest BCUT2D eigenvalue weighted by Crippen LogP contribution is -2.29. The van der Waals surface area contributed by atoms with Crippen molar-refractivity contribution >= 4 is 13.8 Å². The Balaban J connectivity index is 0. The third kappa shape index (κ3) is 35.5. The van der Waals surface area contributed by atoms with E-state index in [0.29, 0.717) is 26.2 Å². The molecule has 0 aromatic carbocycles. The van der Waals surface area contributed by atoms with Crippen LogP contribution in [0.1, 0.15) is 162 Å². The number of phosphoric ester groups is 1. The molecule has 0 bridgehead atoms. The van der Waals surface area contributed by atoms with Crippen molar-refractivity contribution in [3.63, 3.8) is 0 Å². The van der Waals surface area contributed by atoms with Gasteiger partial charge in [0.25, 0.3) is 0 Å². The topological polar surface area (TPSA) is 145 Å². The van der Waals surface area contributed by atoms with Crippen LogP contribution in [-0.2, 0) is 18.4 Å². The fourth-order valence-corrected chi connectivity index (χ4v) is 5.00. The van der Waals surface area contributed by atoms with E-state index in [1.54, 1.807) is 0 Å². The van der Waals surface area contributed by atoms with E-state index in [9.17, 15) is 14.3 Å². The molecule has 0 rings (SSSR count). The smallest absolute Gasteiger partial charge is 0.472 e. The van der Waals surface area contributed by atoms with Gasteiger partial charge in [0.2, 0.25) is 0 Å². The fourth-order valence-electron chi connectivity index (χ4n) is 4.21. The van der Waals surface area contributed by atoms with E-state index >= 15 is 0 Å². The highest BCUT2D eigenvalue weighted by molar-refractivity contribution is 7.47. The average molecular weight is 581 g/mol. The molecule has 39 heavy (non-hydrogen) atoms. The molecule has 0 aromatic rings. The van der Waals surface area contributed by atoms with Crippen LogP contribution in [0.4, 0.5) is 0 Å². The zero-order valence-corrected chi connectivity index (χ0v) is 26.5. The SMILES string of the molecule is CCCCCCCCCCCCOP(=O)(O)OCCCCCCCCCCCC.NCCCC[C@H](N)C(=O)O. The minimum Gasteiger partial charge on any atom is -0.480 e. The second kappa shape index (κ2) is 32.0. The lowest BCUT2D eigenvalue weighted by Gasteiger charge is -2.12. The van der Waals surface area contributed by atoms with E-state index in [1.807, 2.05) is 0 Å². The second-order valence-electron chi connectivity index (χ2n) is 10.7. The summed E-state index contributed by atoms with van der Waals surface area (Å²) in [5, 5.41) is 8.33. The van der Waals surface area contributed by atoms with Crippen molar-refractivity contribution in [2.45, 2.75) is 168 Å². The Labute approximate surface area is 241 Å². The van der Waals surface area contributed by atoms with E-state index in [2.05, 4.69) is 13.8 Å². The van der Waals surface area contributed by atoms with Crippen LogP contribution in [-0.4, -0.2) is 41.8 Å². The number of nitrogens with two attached hydrogens (primary N) is 2. The Morgan fingerprint density at radius 2 is 0.974 bits per heavy atom. The molecule has 236 valence electrons. The van der Waals surface area contributed by atoms with Gasteiger partial charge in [-0.3, -0.25) is 13.8 Å².